The molecule has 5 nitrogen and oxygen atoms in total. The van der Waals surface area contributed by atoms with Gasteiger partial charge in [-0.3, -0.25) is 4.98 Å². The molecule has 7 aromatic carbocycles. The summed E-state index contributed by atoms with van der Waals surface area (Å²) in [6.45, 7) is 0. The first-order chi connectivity index (χ1) is 24.3. The van der Waals surface area contributed by atoms with Gasteiger partial charge in [-0.25, -0.2) is 15.0 Å². The van der Waals surface area contributed by atoms with E-state index in [2.05, 4.69) is 96.0 Å². The summed E-state index contributed by atoms with van der Waals surface area (Å²) >= 11 is 0. The summed E-state index contributed by atoms with van der Waals surface area (Å²) in [5.74, 6) is 1.78. The number of benzene rings is 7. The third-order valence-corrected chi connectivity index (χ3v) is 9.36. The van der Waals surface area contributed by atoms with Crippen molar-refractivity contribution in [3.63, 3.8) is 0 Å². The van der Waals surface area contributed by atoms with Crippen LogP contribution in [-0.2, 0) is 0 Å². The van der Waals surface area contributed by atoms with E-state index >= 15 is 0 Å². The van der Waals surface area contributed by atoms with Crippen LogP contribution in [0.1, 0.15) is 0 Å². The number of pyridine rings is 1. The number of para-hydroxylation sites is 1. The Labute approximate surface area is 281 Å². The number of aromatic nitrogens is 4. The molecule has 3 heterocycles. The first-order valence-corrected chi connectivity index (χ1v) is 16.3. The van der Waals surface area contributed by atoms with E-state index in [0.29, 0.717) is 17.5 Å². The highest BCUT2D eigenvalue weighted by Gasteiger charge is 2.18. The van der Waals surface area contributed by atoms with Crippen LogP contribution in [0.3, 0.4) is 0 Å². The zero-order valence-corrected chi connectivity index (χ0v) is 26.2. The molecule has 0 bridgehead atoms. The van der Waals surface area contributed by atoms with Gasteiger partial charge >= 0.3 is 0 Å². The van der Waals surface area contributed by atoms with Gasteiger partial charge in [0, 0.05) is 39.2 Å². The molecule has 49 heavy (non-hydrogen) atoms. The highest BCUT2D eigenvalue weighted by Crippen LogP contribution is 2.38. The molecule has 0 amide bonds. The number of hydrogen-bond acceptors (Lipinski definition) is 5. The van der Waals surface area contributed by atoms with E-state index < -0.39 is 0 Å². The summed E-state index contributed by atoms with van der Waals surface area (Å²) in [5.41, 5.74) is 6.21. The van der Waals surface area contributed by atoms with Crippen LogP contribution in [0.2, 0.25) is 0 Å². The van der Waals surface area contributed by atoms with Crippen molar-refractivity contribution in [3.8, 4) is 45.4 Å². The molecule has 0 saturated heterocycles. The van der Waals surface area contributed by atoms with Gasteiger partial charge in [0.2, 0.25) is 0 Å². The van der Waals surface area contributed by atoms with Gasteiger partial charge in [0.1, 0.15) is 11.2 Å². The lowest BCUT2D eigenvalue weighted by Crippen LogP contribution is -2.00. The summed E-state index contributed by atoms with van der Waals surface area (Å²) in [6, 6.07) is 52.2. The van der Waals surface area contributed by atoms with Gasteiger partial charge in [0.05, 0.1) is 5.69 Å². The maximum absolute atomic E-state index is 6.24. The van der Waals surface area contributed by atoms with E-state index in [9.17, 15) is 0 Å². The highest BCUT2D eigenvalue weighted by molar-refractivity contribution is 6.17. The van der Waals surface area contributed by atoms with Gasteiger partial charge < -0.3 is 4.42 Å². The molecule has 5 heteroatoms. The number of nitrogens with zero attached hydrogens (tertiary/aromatic N) is 4. The molecule has 3 aromatic heterocycles. The molecule has 10 rings (SSSR count). The Hall–Kier alpha value is -6.72. The Bertz CT molecular complexity index is 2890. The first kappa shape index (κ1) is 27.4. The van der Waals surface area contributed by atoms with E-state index in [1.807, 2.05) is 66.9 Å². The van der Waals surface area contributed by atoms with E-state index in [-0.39, 0.29) is 0 Å². The Kier molecular flexibility index (Phi) is 6.11. The van der Waals surface area contributed by atoms with Crippen molar-refractivity contribution in [1.82, 2.24) is 19.9 Å². The quantitative estimate of drug-likeness (QED) is 0.182. The molecule has 0 aliphatic carbocycles. The number of hydrogen-bond donors (Lipinski definition) is 0. The average molecular weight is 627 g/mol. The Balaban J connectivity index is 1.19. The van der Waals surface area contributed by atoms with E-state index in [0.717, 1.165) is 55.3 Å². The fourth-order valence-electron chi connectivity index (χ4n) is 7.03. The fourth-order valence-corrected chi connectivity index (χ4v) is 7.03. The van der Waals surface area contributed by atoms with E-state index in [4.69, 9.17) is 19.4 Å². The minimum atomic E-state index is 0.588. The maximum Gasteiger partial charge on any atom is 0.164 e. The zero-order chi connectivity index (χ0) is 32.3. The second-order valence-electron chi connectivity index (χ2n) is 12.3. The van der Waals surface area contributed by atoms with Gasteiger partial charge in [-0.2, -0.15) is 0 Å². The molecular weight excluding hydrogens is 601 g/mol. The van der Waals surface area contributed by atoms with Crippen molar-refractivity contribution >= 4 is 54.3 Å². The van der Waals surface area contributed by atoms with Crippen LogP contribution in [0, 0.1) is 0 Å². The Morgan fingerprint density at radius 2 is 1.04 bits per heavy atom. The van der Waals surface area contributed by atoms with Crippen LogP contribution in [0.4, 0.5) is 0 Å². The monoisotopic (exact) mass is 626 g/mol. The lowest BCUT2D eigenvalue weighted by atomic mass is 9.96. The van der Waals surface area contributed by atoms with Crippen molar-refractivity contribution in [2.24, 2.45) is 0 Å². The number of fused-ring (bicyclic) bond motifs is 8. The highest BCUT2D eigenvalue weighted by atomic mass is 16.3. The Morgan fingerprint density at radius 1 is 0.388 bits per heavy atom. The topological polar surface area (TPSA) is 64.7 Å². The molecule has 0 N–H and O–H groups in total. The molecule has 228 valence electrons. The fraction of sp³-hybridized carbons (Fsp3) is 0. The van der Waals surface area contributed by atoms with Crippen molar-refractivity contribution < 1.29 is 4.42 Å². The standard InChI is InChI=1S/C44H26N4O/c1-2-12-32-27(9-1)18-22-35-33-21-20-31(25-28(33)19-23-34(32)35)43-46-42(30-11-7-10-29(26-30)38-15-5-6-24-45-38)47-44(48-43)37-14-8-17-40-41(37)36-13-3-4-16-39(36)49-40/h1-26H. The molecule has 0 fully saturated rings. The summed E-state index contributed by atoms with van der Waals surface area (Å²) in [4.78, 5) is 20.0. The molecule has 0 atom stereocenters. The van der Waals surface area contributed by atoms with Crippen molar-refractivity contribution in [1.29, 1.82) is 0 Å². The molecule has 0 radical (unpaired) electrons. The third kappa shape index (κ3) is 4.55. The van der Waals surface area contributed by atoms with Gasteiger partial charge in [0.25, 0.3) is 0 Å². The van der Waals surface area contributed by atoms with Crippen LogP contribution in [0.15, 0.2) is 162 Å². The van der Waals surface area contributed by atoms with Crippen molar-refractivity contribution in [3.05, 3.63) is 158 Å². The van der Waals surface area contributed by atoms with Crippen LogP contribution < -0.4 is 0 Å². The number of furan rings is 1. The zero-order valence-electron chi connectivity index (χ0n) is 26.2. The lowest BCUT2D eigenvalue weighted by molar-refractivity contribution is 0.669. The van der Waals surface area contributed by atoms with Crippen molar-refractivity contribution in [2.45, 2.75) is 0 Å². The van der Waals surface area contributed by atoms with Crippen LogP contribution in [0.25, 0.3) is 99.7 Å². The smallest absolute Gasteiger partial charge is 0.164 e. The first-order valence-electron chi connectivity index (χ1n) is 16.3. The largest absolute Gasteiger partial charge is 0.456 e. The summed E-state index contributed by atoms with van der Waals surface area (Å²) in [7, 11) is 0. The molecule has 0 aliphatic heterocycles. The van der Waals surface area contributed by atoms with Crippen molar-refractivity contribution in [2.75, 3.05) is 0 Å². The second kappa shape index (κ2) is 10.9. The minimum Gasteiger partial charge on any atom is -0.456 e. The molecule has 0 saturated carbocycles. The van der Waals surface area contributed by atoms with Crippen LogP contribution in [-0.4, -0.2) is 19.9 Å². The maximum atomic E-state index is 6.24. The Morgan fingerprint density at radius 3 is 1.90 bits per heavy atom. The van der Waals surface area contributed by atoms with Gasteiger partial charge in [0.15, 0.2) is 17.5 Å². The molecule has 10 aromatic rings. The lowest BCUT2D eigenvalue weighted by Gasteiger charge is -2.12. The average Bonchev–Trinajstić information content (AvgIpc) is 3.57. The summed E-state index contributed by atoms with van der Waals surface area (Å²) in [6.07, 6.45) is 1.81. The second-order valence-corrected chi connectivity index (χ2v) is 12.3. The van der Waals surface area contributed by atoms with Gasteiger partial charge in [-0.1, -0.05) is 115 Å². The SMILES string of the molecule is c1ccc(-c2cccc(-c3nc(-c4ccc5c(ccc6c7ccccc7ccc56)c4)nc(-c4cccc5oc6ccccc6c45)n3)c2)nc1. The predicted molar refractivity (Wildman–Crippen MR) is 199 cm³/mol. The third-order valence-electron chi connectivity index (χ3n) is 9.36. The minimum absolute atomic E-state index is 0.588. The van der Waals surface area contributed by atoms with Crippen LogP contribution >= 0.6 is 0 Å². The number of rotatable bonds is 4. The van der Waals surface area contributed by atoms with Crippen LogP contribution in [0.5, 0.6) is 0 Å². The predicted octanol–water partition coefficient (Wildman–Crippen LogP) is 11.3. The normalized spacial score (nSPS) is 11.7. The van der Waals surface area contributed by atoms with E-state index in [1.54, 1.807) is 0 Å². The molecule has 0 unspecified atom stereocenters. The molecular formula is C44H26N4O. The summed E-state index contributed by atoms with van der Waals surface area (Å²) in [5, 5.41) is 9.30. The van der Waals surface area contributed by atoms with E-state index in [1.165, 1.54) is 26.9 Å². The van der Waals surface area contributed by atoms with Gasteiger partial charge in [-0.15, -0.1) is 0 Å². The van der Waals surface area contributed by atoms with Gasteiger partial charge in [-0.05, 0) is 68.7 Å². The summed E-state index contributed by atoms with van der Waals surface area (Å²) < 4.78 is 6.24. The molecule has 0 spiro atoms. The molecule has 0 aliphatic rings.